The lowest BCUT2D eigenvalue weighted by Gasteiger charge is -2.19. The second-order valence-electron chi connectivity index (χ2n) is 6.04. The van der Waals surface area contributed by atoms with Crippen molar-refractivity contribution < 1.29 is 14.0 Å². The fraction of sp³-hybridized carbons (Fsp3) is 0.167. The molecule has 0 unspecified atom stereocenters. The molecule has 1 saturated heterocycles. The van der Waals surface area contributed by atoms with Gasteiger partial charge in [0.15, 0.2) is 0 Å². The molecule has 1 fully saturated rings. The molecule has 27 heavy (non-hydrogen) atoms. The molecule has 9 heteroatoms. The summed E-state index contributed by atoms with van der Waals surface area (Å²) in [6.45, 7) is 0.196. The van der Waals surface area contributed by atoms with Gasteiger partial charge in [0.05, 0.1) is 15.2 Å². The van der Waals surface area contributed by atoms with Crippen molar-refractivity contribution in [2.24, 2.45) is 0 Å². The molecule has 6 nitrogen and oxygen atoms in total. The molecule has 1 aliphatic heterocycles. The number of thiazole rings is 1. The van der Waals surface area contributed by atoms with E-state index in [9.17, 15) is 14.0 Å². The van der Waals surface area contributed by atoms with Gasteiger partial charge in [-0.25, -0.2) is 14.2 Å². The number of nitrogens with zero attached hydrogens (tertiary/aromatic N) is 1. The Morgan fingerprint density at radius 2 is 2.15 bits per heavy atom. The lowest BCUT2D eigenvalue weighted by molar-refractivity contribution is -0.122. The molecule has 138 valence electrons. The van der Waals surface area contributed by atoms with Crippen LogP contribution in [0.1, 0.15) is 16.6 Å². The number of hydrogen-bond donors (Lipinski definition) is 3. The van der Waals surface area contributed by atoms with E-state index in [0.717, 1.165) is 10.2 Å². The lowest BCUT2D eigenvalue weighted by Crippen LogP contribution is -2.44. The van der Waals surface area contributed by atoms with Crippen molar-refractivity contribution in [2.75, 3.05) is 6.54 Å². The zero-order valence-electron chi connectivity index (χ0n) is 13.8. The quantitative estimate of drug-likeness (QED) is 0.625. The Morgan fingerprint density at radius 3 is 2.85 bits per heavy atom. The Morgan fingerprint density at radius 1 is 1.33 bits per heavy atom. The maximum Gasteiger partial charge on any atom is 0.315 e. The van der Waals surface area contributed by atoms with Gasteiger partial charge in [-0.15, -0.1) is 11.3 Å². The van der Waals surface area contributed by atoms with Crippen LogP contribution in [-0.4, -0.2) is 29.5 Å². The number of hydrogen-bond acceptors (Lipinski definition) is 4. The number of carbonyl (C=O) groups is 2. The average Bonchev–Trinajstić information content (AvgIpc) is 3.28. The summed E-state index contributed by atoms with van der Waals surface area (Å²) < 4.78 is 14.6. The molecule has 4 rings (SSSR count). The zero-order chi connectivity index (χ0) is 19.0. The van der Waals surface area contributed by atoms with E-state index in [1.54, 1.807) is 6.07 Å². The van der Waals surface area contributed by atoms with Crippen molar-refractivity contribution in [3.05, 3.63) is 63.9 Å². The molecular formula is C18H14ClFN4O2S. The van der Waals surface area contributed by atoms with E-state index in [1.165, 1.54) is 23.5 Å². The van der Waals surface area contributed by atoms with Crippen LogP contribution in [0.2, 0.25) is 5.02 Å². The highest BCUT2D eigenvalue weighted by molar-refractivity contribution is 7.18. The molecule has 2 aromatic carbocycles. The van der Waals surface area contributed by atoms with Crippen molar-refractivity contribution in [1.82, 2.24) is 20.9 Å². The molecule has 3 aromatic rings. The number of aromatic nitrogens is 1. The summed E-state index contributed by atoms with van der Waals surface area (Å²) in [6, 6.07) is 10.2. The summed E-state index contributed by atoms with van der Waals surface area (Å²) in [7, 11) is 0. The average molecular weight is 405 g/mol. The maximum absolute atomic E-state index is 13.6. The molecule has 0 radical (unpaired) electrons. The van der Waals surface area contributed by atoms with Crippen LogP contribution in [0.25, 0.3) is 10.2 Å². The Kier molecular flexibility index (Phi) is 4.67. The summed E-state index contributed by atoms with van der Waals surface area (Å²) >= 11 is 7.36. The third-order valence-corrected chi connectivity index (χ3v) is 5.60. The summed E-state index contributed by atoms with van der Waals surface area (Å²) in [5.41, 5.74) is 1.41. The van der Waals surface area contributed by atoms with Crippen molar-refractivity contribution in [1.29, 1.82) is 0 Å². The number of para-hydroxylation sites is 1. The van der Waals surface area contributed by atoms with Gasteiger partial charge < -0.3 is 16.0 Å². The van der Waals surface area contributed by atoms with E-state index < -0.39 is 23.9 Å². The summed E-state index contributed by atoms with van der Waals surface area (Å²) in [6.07, 6.45) is 0. The first-order valence-corrected chi connectivity index (χ1v) is 9.36. The third-order valence-electron chi connectivity index (χ3n) is 4.21. The van der Waals surface area contributed by atoms with Gasteiger partial charge in [-0.1, -0.05) is 29.8 Å². The summed E-state index contributed by atoms with van der Waals surface area (Å²) in [5, 5.41) is 8.59. The van der Waals surface area contributed by atoms with Gasteiger partial charge in [0.1, 0.15) is 22.9 Å². The summed E-state index contributed by atoms with van der Waals surface area (Å²) in [5.74, 6) is -0.903. The van der Waals surface area contributed by atoms with Crippen molar-refractivity contribution in [3.8, 4) is 0 Å². The van der Waals surface area contributed by atoms with Gasteiger partial charge in [0.2, 0.25) is 5.91 Å². The largest absolute Gasteiger partial charge is 0.341 e. The van der Waals surface area contributed by atoms with Crippen molar-refractivity contribution in [3.63, 3.8) is 0 Å². The van der Waals surface area contributed by atoms with E-state index in [0.29, 0.717) is 10.6 Å². The Balaban J connectivity index is 1.71. The van der Waals surface area contributed by atoms with Gasteiger partial charge in [-0.2, -0.15) is 0 Å². The van der Waals surface area contributed by atoms with Gasteiger partial charge in [-0.05, 0) is 29.8 Å². The SMILES string of the molecule is O=C1NC[C@@H](C(=O)N[C@@H](c2ccc(F)c(Cl)c2)c2nc3ccccc3s2)N1. The normalized spacial score (nSPS) is 17.4. The molecule has 0 saturated carbocycles. The zero-order valence-corrected chi connectivity index (χ0v) is 15.4. The summed E-state index contributed by atoms with van der Waals surface area (Å²) in [4.78, 5) is 28.5. The van der Waals surface area contributed by atoms with Crippen LogP contribution in [0, 0.1) is 5.82 Å². The molecule has 1 aliphatic rings. The van der Waals surface area contributed by atoms with Gasteiger partial charge in [-0.3, -0.25) is 4.79 Å². The van der Waals surface area contributed by atoms with E-state index in [2.05, 4.69) is 20.9 Å². The third kappa shape index (κ3) is 3.58. The second kappa shape index (κ2) is 7.13. The van der Waals surface area contributed by atoms with E-state index >= 15 is 0 Å². The Labute approximate surface area is 162 Å². The molecule has 0 spiro atoms. The number of fused-ring (bicyclic) bond motifs is 1. The number of benzene rings is 2. The van der Waals surface area contributed by atoms with Gasteiger partial charge >= 0.3 is 6.03 Å². The highest BCUT2D eigenvalue weighted by Gasteiger charge is 2.30. The minimum atomic E-state index is -0.690. The van der Waals surface area contributed by atoms with Gasteiger partial charge in [0.25, 0.3) is 0 Å². The van der Waals surface area contributed by atoms with Crippen LogP contribution in [-0.2, 0) is 4.79 Å². The topological polar surface area (TPSA) is 83.1 Å². The van der Waals surface area contributed by atoms with Crippen molar-refractivity contribution >= 4 is 45.1 Å². The van der Waals surface area contributed by atoms with E-state index in [4.69, 9.17) is 11.6 Å². The fourth-order valence-electron chi connectivity index (χ4n) is 2.85. The molecular weight excluding hydrogens is 391 g/mol. The monoisotopic (exact) mass is 404 g/mol. The number of urea groups is 1. The minimum Gasteiger partial charge on any atom is -0.341 e. The number of halogens is 2. The fourth-order valence-corrected chi connectivity index (χ4v) is 4.09. The van der Waals surface area contributed by atoms with Crippen LogP contribution >= 0.6 is 22.9 Å². The highest BCUT2D eigenvalue weighted by atomic mass is 35.5. The lowest BCUT2D eigenvalue weighted by atomic mass is 10.1. The number of rotatable bonds is 4. The Hall–Kier alpha value is -2.71. The molecule has 2 heterocycles. The van der Waals surface area contributed by atoms with Crippen LogP contribution in [0.5, 0.6) is 0 Å². The van der Waals surface area contributed by atoms with Crippen LogP contribution in [0.4, 0.5) is 9.18 Å². The Bertz CT molecular complexity index is 1010. The molecule has 1 aromatic heterocycles. The van der Waals surface area contributed by atoms with Gasteiger partial charge in [0, 0.05) is 6.54 Å². The second-order valence-corrected chi connectivity index (χ2v) is 7.51. The maximum atomic E-state index is 13.6. The number of nitrogens with one attached hydrogen (secondary N) is 3. The van der Waals surface area contributed by atoms with Crippen molar-refractivity contribution in [2.45, 2.75) is 12.1 Å². The predicted octanol–water partition coefficient (Wildman–Crippen LogP) is 2.98. The predicted molar refractivity (Wildman–Crippen MR) is 101 cm³/mol. The van der Waals surface area contributed by atoms with Crippen LogP contribution < -0.4 is 16.0 Å². The molecule has 0 aliphatic carbocycles. The first-order chi connectivity index (χ1) is 13.0. The standard InChI is InChI=1S/C18H14ClFN4O2S/c19-10-7-9(5-6-11(10)20)15(24-16(25)13-8-21-18(26)23-13)17-22-12-3-1-2-4-14(12)27-17/h1-7,13,15H,8H2,(H,24,25)(H2,21,23,26)/t13-,15-/m0/s1. The number of carbonyl (C=O) groups excluding carboxylic acids is 2. The molecule has 3 N–H and O–H groups in total. The minimum absolute atomic E-state index is 0.0382. The first-order valence-electron chi connectivity index (χ1n) is 8.16. The van der Waals surface area contributed by atoms with Crippen LogP contribution in [0.3, 0.4) is 0 Å². The first kappa shape index (κ1) is 17.7. The smallest absolute Gasteiger partial charge is 0.315 e. The van der Waals surface area contributed by atoms with Crippen LogP contribution in [0.15, 0.2) is 42.5 Å². The van der Waals surface area contributed by atoms with E-state index in [1.807, 2.05) is 24.3 Å². The highest BCUT2D eigenvalue weighted by Crippen LogP contribution is 2.32. The molecule has 3 amide bonds. The van der Waals surface area contributed by atoms with E-state index in [-0.39, 0.29) is 17.5 Å². The number of amides is 3. The molecule has 0 bridgehead atoms. The molecule has 2 atom stereocenters.